The van der Waals surface area contributed by atoms with E-state index in [-0.39, 0.29) is 56.8 Å². The molecule has 0 radical (unpaired) electrons. The molecule has 0 bridgehead atoms. The van der Waals surface area contributed by atoms with E-state index in [1.807, 2.05) is 6.07 Å². The van der Waals surface area contributed by atoms with Gasteiger partial charge in [0.2, 0.25) is 5.90 Å². The second-order valence-corrected chi connectivity index (χ2v) is 8.74. The van der Waals surface area contributed by atoms with Crippen molar-refractivity contribution in [2.24, 2.45) is 0 Å². The molecule has 3 aromatic rings. The van der Waals surface area contributed by atoms with Gasteiger partial charge in [0.25, 0.3) is 5.91 Å². The van der Waals surface area contributed by atoms with Crippen LogP contribution in [0.3, 0.4) is 0 Å². The van der Waals surface area contributed by atoms with Crippen molar-refractivity contribution < 1.29 is 28.9 Å². The van der Waals surface area contributed by atoms with Crippen molar-refractivity contribution >= 4 is 40.9 Å². The summed E-state index contributed by atoms with van der Waals surface area (Å²) in [5, 5.41) is 46.2. The molecule has 1 unspecified atom stereocenters. The lowest BCUT2D eigenvalue weighted by Gasteiger charge is -2.14. The summed E-state index contributed by atoms with van der Waals surface area (Å²) in [5.41, 5.74) is 0.553. The Morgan fingerprint density at radius 1 is 1.13 bits per heavy atom. The van der Waals surface area contributed by atoms with Crippen LogP contribution in [0, 0.1) is 28.0 Å². The zero-order valence-electron chi connectivity index (χ0n) is 19.6. The highest BCUT2D eigenvalue weighted by Crippen LogP contribution is 2.35. The lowest BCUT2D eigenvalue weighted by atomic mass is 10.1. The van der Waals surface area contributed by atoms with E-state index < -0.39 is 36.2 Å². The summed E-state index contributed by atoms with van der Waals surface area (Å²) in [6, 6.07) is 14.6. The molecule has 1 amide bonds. The van der Waals surface area contributed by atoms with Crippen LogP contribution in [0.2, 0.25) is 10.0 Å². The second-order valence-electron chi connectivity index (χ2n) is 7.90. The molecule has 3 aromatic carbocycles. The quantitative estimate of drug-likeness (QED) is 0.193. The van der Waals surface area contributed by atoms with Crippen molar-refractivity contribution in [2.45, 2.75) is 12.5 Å². The number of carbonyl (C=O) groups excluding carboxylic acids is 1. The van der Waals surface area contributed by atoms with Gasteiger partial charge >= 0.3 is 0 Å². The molecule has 196 valence electrons. The number of nitriles is 1. The first kappa shape index (κ1) is 28.6. The number of nitrogens with zero attached hydrogens (tertiary/aromatic N) is 1. The monoisotopic (exact) mass is 558 g/mol. The van der Waals surface area contributed by atoms with Gasteiger partial charge in [0.05, 0.1) is 35.8 Å². The fraction of sp³-hybridized carbons (Fsp3) is 0.154. The smallest absolute Gasteiger partial charge is 0.251 e. The van der Waals surface area contributed by atoms with E-state index in [0.29, 0.717) is 0 Å². The molecular formula is C26H21Cl2FN4O5. The van der Waals surface area contributed by atoms with Crippen LogP contribution in [0.15, 0.2) is 54.6 Å². The molecule has 3 rings (SSSR count). The maximum absolute atomic E-state index is 15.2. The molecule has 5 N–H and O–H groups in total. The summed E-state index contributed by atoms with van der Waals surface area (Å²) >= 11 is 12.1. The van der Waals surface area contributed by atoms with Gasteiger partial charge in [-0.05, 0) is 42.5 Å². The molecule has 0 spiro atoms. The Morgan fingerprint density at radius 3 is 2.58 bits per heavy atom. The third-order valence-electron chi connectivity index (χ3n) is 5.02. The Bertz CT molecular complexity index is 1430. The van der Waals surface area contributed by atoms with Gasteiger partial charge in [-0.15, -0.1) is 0 Å². The molecule has 0 fully saturated rings. The van der Waals surface area contributed by atoms with E-state index in [1.54, 1.807) is 0 Å². The van der Waals surface area contributed by atoms with Crippen LogP contribution in [0.5, 0.6) is 11.5 Å². The van der Waals surface area contributed by atoms with Crippen LogP contribution in [-0.2, 0) is 11.2 Å². The third kappa shape index (κ3) is 7.50. The minimum Gasteiger partial charge on any atom is -0.453 e. The van der Waals surface area contributed by atoms with E-state index in [2.05, 4.69) is 5.32 Å². The molecular weight excluding hydrogens is 538 g/mol. The molecule has 0 saturated carbocycles. The van der Waals surface area contributed by atoms with Crippen LogP contribution in [0.25, 0.3) is 0 Å². The van der Waals surface area contributed by atoms with E-state index >= 15 is 4.39 Å². The topological polar surface area (TPSA) is 160 Å². The zero-order valence-corrected chi connectivity index (χ0v) is 21.1. The standard InChI is InChI=1S/C26H21Cl2FN4O5/c27-18-6-14(11-30)7-20(10-18)37-24-21(28)5-4-15(23(24)29)9-22(31)38-25(32)16-2-1-3-17(8-16)26(36)33-12-19(35)13-34/h1-8,10,19,31-32,34-35H,9,12-13H2,(H,33,36). The number of carbonyl (C=O) groups is 1. The fourth-order valence-corrected chi connectivity index (χ4v) is 3.59. The van der Waals surface area contributed by atoms with Crippen molar-refractivity contribution in [1.29, 1.82) is 16.1 Å². The average Bonchev–Trinajstić information content (AvgIpc) is 2.90. The Morgan fingerprint density at radius 2 is 1.87 bits per heavy atom. The number of rotatable bonds is 9. The Kier molecular flexibility index (Phi) is 9.76. The fourth-order valence-electron chi connectivity index (χ4n) is 3.18. The average molecular weight is 559 g/mol. The Hall–Kier alpha value is -4.01. The maximum atomic E-state index is 15.2. The molecule has 0 aliphatic carbocycles. The lowest BCUT2D eigenvalue weighted by molar-refractivity contribution is 0.0802. The molecule has 38 heavy (non-hydrogen) atoms. The number of benzene rings is 3. The van der Waals surface area contributed by atoms with E-state index in [0.717, 1.165) is 0 Å². The van der Waals surface area contributed by atoms with Gasteiger partial charge in [-0.2, -0.15) is 5.26 Å². The number of nitrogens with one attached hydrogen (secondary N) is 3. The summed E-state index contributed by atoms with van der Waals surface area (Å²) in [7, 11) is 0. The van der Waals surface area contributed by atoms with Gasteiger partial charge in [0, 0.05) is 28.3 Å². The first-order valence-electron chi connectivity index (χ1n) is 11.0. The summed E-state index contributed by atoms with van der Waals surface area (Å²) in [6.45, 7) is -0.668. The first-order chi connectivity index (χ1) is 18.1. The van der Waals surface area contributed by atoms with E-state index in [4.69, 9.17) is 53.9 Å². The van der Waals surface area contributed by atoms with Crippen LogP contribution in [-0.4, -0.2) is 47.2 Å². The highest BCUT2D eigenvalue weighted by molar-refractivity contribution is 6.32. The van der Waals surface area contributed by atoms with Crippen molar-refractivity contribution in [1.82, 2.24) is 5.32 Å². The molecule has 0 aromatic heterocycles. The van der Waals surface area contributed by atoms with Gasteiger partial charge in [-0.25, -0.2) is 4.39 Å². The van der Waals surface area contributed by atoms with E-state index in [1.165, 1.54) is 54.6 Å². The Labute approximate surface area is 227 Å². The lowest BCUT2D eigenvalue weighted by Crippen LogP contribution is -2.33. The molecule has 0 saturated heterocycles. The third-order valence-corrected chi connectivity index (χ3v) is 5.54. The number of hydrogen-bond donors (Lipinski definition) is 5. The highest BCUT2D eigenvalue weighted by atomic mass is 35.5. The molecule has 9 nitrogen and oxygen atoms in total. The predicted octanol–water partition coefficient (Wildman–Crippen LogP) is 4.44. The van der Waals surface area contributed by atoms with Crippen LogP contribution in [0.1, 0.15) is 27.0 Å². The number of aliphatic hydroxyl groups excluding tert-OH is 2. The number of ether oxygens (including phenoxy) is 2. The minimum atomic E-state index is -1.11. The maximum Gasteiger partial charge on any atom is 0.251 e. The van der Waals surface area contributed by atoms with Crippen LogP contribution in [0.4, 0.5) is 4.39 Å². The van der Waals surface area contributed by atoms with Gasteiger partial charge in [0.15, 0.2) is 17.5 Å². The van der Waals surface area contributed by atoms with Crippen molar-refractivity contribution in [2.75, 3.05) is 13.2 Å². The normalized spacial score (nSPS) is 11.3. The molecule has 0 heterocycles. The van der Waals surface area contributed by atoms with Crippen molar-refractivity contribution in [3.63, 3.8) is 0 Å². The van der Waals surface area contributed by atoms with Crippen molar-refractivity contribution in [3.05, 3.63) is 92.7 Å². The highest BCUT2D eigenvalue weighted by Gasteiger charge is 2.19. The van der Waals surface area contributed by atoms with Crippen LogP contribution < -0.4 is 10.1 Å². The predicted molar refractivity (Wildman–Crippen MR) is 139 cm³/mol. The Balaban J connectivity index is 1.70. The first-order valence-corrected chi connectivity index (χ1v) is 11.7. The molecule has 1 atom stereocenters. The minimum absolute atomic E-state index is 0.000282. The number of hydrogen-bond acceptors (Lipinski definition) is 8. The summed E-state index contributed by atoms with van der Waals surface area (Å²) in [6.07, 6.45) is -1.45. The summed E-state index contributed by atoms with van der Waals surface area (Å²) < 4.78 is 26.0. The van der Waals surface area contributed by atoms with E-state index in [9.17, 15) is 9.90 Å². The van der Waals surface area contributed by atoms with Gasteiger partial charge in [0.1, 0.15) is 5.75 Å². The van der Waals surface area contributed by atoms with Gasteiger partial charge < -0.3 is 25.0 Å². The molecule has 0 aliphatic rings. The molecule has 12 heteroatoms. The SMILES string of the molecule is N#Cc1cc(Cl)cc(Oc2c(Cl)ccc(CC(=N)OC(=N)c3cccc(C(=O)NCC(O)CO)c3)c2F)c1. The molecule has 0 aliphatic heterocycles. The summed E-state index contributed by atoms with van der Waals surface area (Å²) in [5.74, 6) is -2.55. The summed E-state index contributed by atoms with van der Waals surface area (Å²) in [4.78, 5) is 12.2. The van der Waals surface area contributed by atoms with Gasteiger partial charge in [-0.1, -0.05) is 35.3 Å². The largest absolute Gasteiger partial charge is 0.453 e. The van der Waals surface area contributed by atoms with Crippen LogP contribution >= 0.6 is 23.2 Å². The zero-order chi connectivity index (χ0) is 27.8. The number of amides is 1. The number of aliphatic hydroxyl groups is 2. The van der Waals surface area contributed by atoms with Gasteiger partial charge in [-0.3, -0.25) is 15.6 Å². The number of halogens is 3. The second kappa shape index (κ2) is 13.0. The van der Waals surface area contributed by atoms with Crippen molar-refractivity contribution in [3.8, 4) is 17.6 Å².